The minimum Gasteiger partial charge on any atom is -0.358 e. The van der Waals surface area contributed by atoms with Gasteiger partial charge in [-0.3, -0.25) is 4.99 Å². The number of benzene rings is 1. The van der Waals surface area contributed by atoms with Crippen LogP contribution in [-0.2, 0) is 5.41 Å². The molecule has 2 heteroatoms. The maximum absolute atomic E-state index is 4.52. The Hall–Kier alpha value is -1.31. The van der Waals surface area contributed by atoms with E-state index < -0.39 is 0 Å². The van der Waals surface area contributed by atoms with E-state index in [2.05, 4.69) is 62.0 Å². The lowest BCUT2D eigenvalue weighted by Gasteiger charge is -2.20. The molecule has 1 aliphatic rings. The van der Waals surface area contributed by atoms with Crippen molar-refractivity contribution < 1.29 is 0 Å². The molecule has 0 saturated carbocycles. The zero-order valence-electron chi connectivity index (χ0n) is 10.6. The smallest absolute Gasteiger partial charge is 0.130 e. The van der Waals surface area contributed by atoms with Crippen LogP contribution in [0.2, 0.25) is 0 Å². The molecule has 0 amide bonds. The molecule has 0 unspecified atom stereocenters. The first-order valence-corrected chi connectivity index (χ1v) is 5.85. The van der Waals surface area contributed by atoms with Gasteiger partial charge in [-0.2, -0.15) is 0 Å². The molecule has 0 atom stereocenters. The van der Waals surface area contributed by atoms with Crippen LogP contribution >= 0.6 is 0 Å². The minimum absolute atomic E-state index is 0.224. The van der Waals surface area contributed by atoms with Gasteiger partial charge < -0.3 is 4.90 Å². The van der Waals surface area contributed by atoms with Crippen LogP contribution in [0.1, 0.15) is 31.9 Å². The minimum atomic E-state index is 0.224. The number of rotatable bonds is 1. The highest BCUT2D eigenvalue weighted by molar-refractivity contribution is 5.99. The molecule has 0 fully saturated rings. The molecular formula is C14H20N2. The average Bonchev–Trinajstić information content (AvgIpc) is 2.63. The Bertz CT molecular complexity index is 396. The Labute approximate surface area is 98.0 Å². The van der Waals surface area contributed by atoms with E-state index in [-0.39, 0.29) is 5.41 Å². The van der Waals surface area contributed by atoms with Gasteiger partial charge in [0.25, 0.3) is 0 Å². The maximum Gasteiger partial charge on any atom is 0.130 e. The molecule has 0 radical (unpaired) electrons. The van der Waals surface area contributed by atoms with Gasteiger partial charge in [0.1, 0.15) is 5.84 Å². The van der Waals surface area contributed by atoms with Crippen LogP contribution in [0.5, 0.6) is 0 Å². The summed E-state index contributed by atoms with van der Waals surface area (Å²) >= 11 is 0. The second-order valence-corrected chi connectivity index (χ2v) is 5.45. The molecule has 1 aliphatic heterocycles. The lowest BCUT2D eigenvalue weighted by atomic mass is 9.86. The van der Waals surface area contributed by atoms with Crippen molar-refractivity contribution in [3.63, 3.8) is 0 Å². The molecule has 0 spiro atoms. The van der Waals surface area contributed by atoms with Gasteiger partial charge in [-0.1, -0.05) is 45.0 Å². The number of hydrogen-bond acceptors (Lipinski definition) is 2. The van der Waals surface area contributed by atoms with Crippen LogP contribution in [-0.4, -0.2) is 30.9 Å². The molecule has 86 valence electrons. The number of aliphatic imine (C=N–C) groups is 1. The Kier molecular flexibility index (Phi) is 2.75. The highest BCUT2D eigenvalue weighted by Gasteiger charge is 2.16. The molecular weight excluding hydrogens is 196 g/mol. The Morgan fingerprint density at radius 1 is 1.12 bits per heavy atom. The average molecular weight is 216 g/mol. The van der Waals surface area contributed by atoms with Gasteiger partial charge in [0, 0.05) is 19.2 Å². The Morgan fingerprint density at radius 3 is 2.19 bits per heavy atom. The summed E-state index contributed by atoms with van der Waals surface area (Å²) in [6.45, 7) is 8.67. The monoisotopic (exact) mass is 216 g/mol. The third-order valence-corrected chi connectivity index (χ3v) is 3.07. The van der Waals surface area contributed by atoms with Gasteiger partial charge in [-0.25, -0.2) is 0 Å². The quantitative estimate of drug-likeness (QED) is 0.704. The van der Waals surface area contributed by atoms with Crippen LogP contribution in [0.4, 0.5) is 0 Å². The van der Waals surface area contributed by atoms with Crippen molar-refractivity contribution in [1.82, 2.24) is 4.90 Å². The summed E-state index contributed by atoms with van der Waals surface area (Å²) in [6.07, 6.45) is 0. The van der Waals surface area contributed by atoms with Crippen LogP contribution in [0.15, 0.2) is 29.3 Å². The van der Waals surface area contributed by atoms with E-state index in [0.717, 1.165) is 18.9 Å². The number of nitrogens with zero attached hydrogens (tertiary/aromatic N) is 2. The fourth-order valence-corrected chi connectivity index (χ4v) is 1.96. The topological polar surface area (TPSA) is 15.6 Å². The van der Waals surface area contributed by atoms with Gasteiger partial charge in [-0.05, 0) is 11.0 Å². The van der Waals surface area contributed by atoms with Crippen molar-refractivity contribution in [3.05, 3.63) is 35.4 Å². The van der Waals surface area contributed by atoms with Crippen LogP contribution < -0.4 is 0 Å². The summed E-state index contributed by atoms with van der Waals surface area (Å²) in [4.78, 5) is 6.74. The largest absolute Gasteiger partial charge is 0.358 e. The molecule has 1 heterocycles. The van der Waals surface area contributed by atoms with Crippen molar-refractivity contribution in [2.75, 3.05) is 20.1 Å². The summed E-state index contributed by atoms with van der Waals surface area (Å²) in [5, 5.41) is 0. The number of amidine groups is 1. The fourth-order valence-electron chi connectivity index (χ4n) is 1.96. The standard InChI is InChI=1S/C14H20N2/c1-14(2,3)12-7-5-11(6-8-12)13-15-9-10-16(13)4/h5-8H,9-10H2,1-4H3. The van der Waals surface area contributed by atoms with E-state index in [0.29, 0.717) is 0 Å². The van der Waals surface area contributed by atoms with Crippen molar-refractivity contribution in [3.8, 4) is 0 Å². The Morgan fingerprint density at radius 2 is 1.75 bits per heavy atom. The van der Waals surface area contributed by atoms with Crippen molar-refractivity contribution in [2.24, 2.45) is 4.99 Å². The lowest BCUT2D eigenvalue weighted by molar-refractivity contribution is 0.556. The van der Waals surface area contributed by atoms with Gasteiger partial charge in [-0.15, -0.1) is 0 Å². The van der Waals surface area contributed by atoms with Crippen molar-refractivity contribution in [1.29, 1.82) is 0 Å². The molecule has 0 bridgehead atoms. The van der Waals surface area contributed by atoms with E-state index in [4.69, 9.17) is 0 Å². The molecule has 16 heavy (non-hydrogen) atoms. The highest BCUT2D eigenvalue weighted by Crippen LogP contribution is 2.22. The summed E-state index contributed by atoms with van der Waals surface area (Å²) in [5.41, 5.74) is 2.83. The predicted molar refractivity (Wildman–Crippen MR) is 69.2 cm³/mol. The third kappa shape index (κ3) is 2.11. The molecule has 2 rings (SSSR count). The summed E-state index contributed by atoms with van der Waals surface area (Å²) in [7, 11) is 2.10. The molecule has 0 N–H and O–H groups in total. The molecule has 0 aromatic heterocycles. The molecule has 0 aliphatic carbocycles. The second-order valence-electron chi connectivity index (χ2n) is 5.45. The highest BCUT2D eigenvalue weighted by atomic mass is 15.2. The summed E-state index contributed by atoms with van der Waals surface area (Å²) < 4.78 is 0. The van der Waals surface area contributed by atoms with Gasteiger partial charge in [0.2, 0.25) is 0 Å². The van der Waals surface area contributed by atoms with E-state index in [1.165, 1.54) is 11.1 Å². The van der Waals surface area contributed by atoms with Gasteiger partial charge in [0.15, 0.2) is 0 Å². The van der Waals surface area contributed by atoms with Crippen molar-refractivity contribution >= 4 is 5.84 Å². The van der Waals surface area contributed by atoms with Gasteiger partial charge in [0.05, 0.1) is 6.54 Å². The van der Waals surface area contributed by atoms with E-state index >= 15 is 0 Å². The zero-order valence-corrected chi connectivity index (χ0v) is 10.6. The van der Waals surface area contributed by atoms with Crippen LogP contribution in [0.3, 0.4) is 0 Å². The van der Waals surface area contributed by atoms with E-state index in [9.17, 15) is 0 Å². The maximum atomic E-state index is 4.52. The van der Waals surface area contributed by atoms with Crippen LogP contribution in [0.25, 0.3) is 0 Å². The Balaban J connectivity index is 2.26. The van der Waals surface area contributed by atoms with Crippen molar-refractivity contribution in [2.45, 2.75) is 26.2 Å². The second kappa shape index (κ2) is 3.93. The van der Waals surface area contributed by atoms with Crippen LogP contribution in [0, 0.1) is 0 Å². The molecule has 1 aromatic rings. The lowest BCUT2D eigenvalue weighted by Crippen LogP contribution is -2.23. The van der Waals surface area contributed by atoms with Gasteiger partial charge >= 0.3 is 0 Å². The van der Waals surface area contributed by atoms with E-state index in [1.54, 1.807) is 0 Å². The fraction of sp³-hybridized carbons (Fsp3) is 0.500. The molecule has 0 saturated heterocycles. The molecule has 1 aromatic carbocycles. The summed E-state index contributed by atoms with van der Waals surface area (Å²) in [5.74, 6) is 1.13. The third-order valence-electron chi connectivity index (χ3n) is 3.07. The SMILES string of the molecule is CN1CCN=C1c1ccc(C(C)(C)C)cc1. The number of likely N-dealkylation sites (N-methyl/N-ethyl adjacent to an activating group) is 1. The first-order valence-electron chi connectivity index (χ1n) is 5.85. The number of hydrogen-bond donors (Lipinski definition) is 0. The first-order chi connectivity index (χ1) is 7.48. The summed E-state index contributed by atoms with van der Waals surface area (Å²) in [6, 6.07) is 8.79. The molecule has 2 nitrogen and oxygen atoms in total. The normalized spacial score (nSPS) is 16.5. The predicted octanol–water partition coefficient (Wildman–Crippen LogP) is 2.68. The first kappa shape index (κ1) is 11.2. The van der Waals surface area contributed by atoms with E-state index in [1.807, 2.05) is 0 Å². The zero-order chi connectivity index (χ0) is 11.8.